The highest BCUT2D eigenvalue weighted by Gasteiger charge is 2.22. The van der Waals surface area contributed by atoms with E-state index < -0.39 is 5.91 Å². The van der Waals surface area contributed by atoms with E-state index in [9.17, 15) is 4.79 Å². The van der Waals surface area contributed by atoms with E-state index >= 15 is 0 Å². The third kappa shape index (κ3) is 2.29. The number of hydrogen-bond acceptors (Lipinski definition) is 5. The van der Waals surface area contributed by atoms with Crippen LogP contribution in [0.25, 0.3) is 11.4 Å². The molecule has 0 saturated heterocycles. The molecule has 2 N–H and O–H groups in total. The van der Waals surface area contributed by atoms with Crippen molar-refractivity contribution in [1.82, 2.24) is 10.1 Å². The van der Waals surface area contributed by atoms with E-state index in [2.05, 4.69) is 10.1 Å². The summed E-state index contributed by atoms with van der Waals surface area (Å²) in [6.45, 7) is 0. The summed E-state index contributed by atoms with van der Waals surface area (Å²) in [7, 11) is 0. The third-order valence-electron chi connectivity index (χ3n) is 3.11. The van der Waals surface area contributed by atoms with Gasteiger partial charge in [-0.25, -0.2) is 0 Å². The lowest BCUT2D eigenvalue weighted by molar-refractivity contribution is 0.0958. The van der Waals surface area contributed by atoms with Gasteiger partial charge in [-0.3, -0.25) is 4.79 Å². The van der Waals surface area contributed by atoms with E-state index in [4.69, 9.17) is 15.0 Å². The highest BCUT2D eigenvalue weighted by atomic mass is 16.5. The molecule has 0 radical (unpaired) electrons. The zero-order valence-corrected chi connectivity index (χ0v) is 10.2. The van der Waals surface area contributed by atoms with Gasteiger partial charge in [-0.15, -0.1) is 0 Å². The molecule has 1 aliphatic rings. The summed E-state index contributed by atoms with van der Waals surface area (Å²) >= 11 is 0. The van der Waals surface area contributed by atoms with Crippen molar-refractivity contribution < 1.29 is 14.1 Å². The Morgan fingerprint density at radius 3 is 2.79 bits per heavy atom. The number of rotatable bonds is 4. The van der Waals surface area contributed by atoms with Gasteiger partial charge >= 0.3 is 11.8 Å². The number of carbonyl (C=O) groups is 1. The van der Waals surface area contributed by atoms with Crippen molar-refractivity contribution in [3.05, 3.63) is 30.2 Å². The Bertz CT molecular complexity index is 605. The first-order valence-electron chi connectivity index (χ1n) is 6.13. The number of amides is 1. The Labute approximate surface area is 109 Å². The second kappa shape index (κ2) is 4.72. The van der Waals surface area contributed by atoms with Gasteiger partial charge in [0.25, 0.3) is 0 Å². The predicted molar refractivity (Wildman–Crippen MR) is 66.5 cm³/mol. The van der Waals surface area contributed by atoms with Crippen LogP contribution in [0.1, 0.15) is 29.9 Å². The van der Waals surface area contributed by atoms with Crippen molar-refractivity contribution >= 4 is 5.91 Å². The lowest BCUT2D eigenvalue weighted by Gasteiger charge is -2.27. The first kappa shape index (κ1) is 11.7. The summed E-state index contributed by atoms with van der Waals surface area (Å²) in [5.41, 5.74) is 5.79. The normalized spacial score (nSPS) is 14.9. The van der Waals surface area contributed by atoms with Gasteiger partial charge in [-0.1, -0.05) is 17.3 Å². The third-order valence-corrected chi connectivity index (χ3v) is 3.11. The molecule has 0 atom stereocenters. The Hall–Kier alpha value is -2.37. The van der Waals surface area contributed by atoms with Crippen molar-refractivity contribution in [3.8, 4) is 17.1 Å². The summed E-state index contributed by atoms with van der Waals surface area (Å²) in [5, 5.41) is 3.75. The highest BCUT2D eigenvalue weighted by Crippen LogP contribution is 2.32. The first-order valence-corrected chi connectivity index (χ1v) is 6.13. The fraction of sp³-hybridized carbons (Fsp3) is 0.308. The van der Waals surface area contributed by atoms with Crippen molar-refractivity contribution in [3.63, 3.8) is 0 Å². The zero-order valence-electron chi connectivity index (χ0n) is 10.2. The number of benzene rings is 1. The van der Waals surface area contributed by atoms with Gasteiger partial charge in [0.05, 0.1) is 11.7 Å². The maximum absolute atomic E-state index is 11.0. The van der Waals surface area contributed by atoms with Crippen LogP contribution in [0.5, 0.6) is 5.75 Å². The van der Waals surface area contributed by atoms with Gasteiger partial charge in [0.2, 0.25) is 5.82 Å². The highest BCUT2D eigenvalue weighted by molar-refractivity contribution is 5.88. The number of primary amides is 1. The first-order chi connectivity index (χ1) is 9.24. The van der Waals surface area contributed by atoms with Gasteiger partial charge in [-0.05, 0) is 31.4 Å². The topological polar surface area (TPSA) is 91.2 Å². The van der Waals surface area contributed by atoms with Gasteiger partial charge in [-0.2, -0.15) is 4.98 Å². The molecule has 6 heteroatoms. The van der Waals surface area contributed by atoms with Gasteiger partial charge in [0, 0.05) is 0 Å². The monoisotopic (exact) mass is 259 g/mol. The largest absolute Gasteiger partial charge is 0.490 e. The number of aromatic nitrogens is 2. The molecule has 1 heterocycles. The standard InChI is InChI=1S/C13H13N3O3/c14-11(17)13-15-12(16-19-13)9-6-1-2-7-10(9)18-8-4-3-5-8/h1-2,6-8H,3-5H2,(H2,14,17). The molecular weight excluding hydrogens is 246 g/mol. The van der Waals surface area contributed by atoms with Crippen molar-refractivity contribution in [2.75, 3.05) is 0 Å². The molecule has 19 heavy (non-hydrogen) atoms. The summed E-state index contributed by atoms with van der Waals surface area (Å²) in [5.74, 6) is 0.0670. The van der Waals surface area contributed by atoms with E-state index in [1.807, 2.05) is 24.3 Å². The van der Waals surface area contributed by atoms with E-state index in [1.54, 1.807) is 0 Å². The number of nitrogens with zero attached hydrogens (tertiary/aromatic N) is 2. The second-order valence-corrected chi connectivity index (χ2v) is 4.45. The van der Waals surface area contributed by atoms with Gasteiger partial charge in [0.15, 0.2) is 0 Å². The summed E-state index contributed by atoms with van der Waals surface area (Å²) in [4.78, 5) is 14.9. The minimum Gasteiger partial charge on any atom is -0.490 e. The Balaban J connectivity index is 1.91. The van der Waals surface area contributed by atoms with Crippen LogP contribution in [-0.2, 0) is 0 Å². The van der Waals surface area contributed by atoms with E-state index in [1.165, 1.54) is 6.42 Å². The molecule has 1 fully saturated rings. The average molecular weight is 259 g/mol. The smallest absolute Gasteiger partial charge is 0.316 e. The number of ether oxygens (including phenoxy) is 1. The van der Waals surface area contributed by atoms with Gasteiger partial charge < -0.3 is 15.0 Å². The van der Waals surface area contributed by atoms with Crippen LogP contribution in [0.4, 0.5) is 0 Å². The van der Waals surface area contributed by atoms with Gasteiger partial charge in [0.1, 0.15) is 5.75 Å². The average Bonchev–Trinajstić information content (AvgIpc) is 2.84. The maximum Gasteiger partial charge on any atom is 0.316 e. The summed E-state index contributed by atoms with van der Waals surface area (Å²) in [6.07, 6.45) is 3.57. The van der Waals surface area contributed by atoms with E-state index in [-0.39, 0.29) is 12.0 Å². The molecular formula is C13H13N3O3. The number of carbonyl (C=O) groups excluding carboxylic acids is 1. The number of hydrogen-bond donors (Lipinski definition) is 1. The minimum atomic E-state index is -0.740. The van der Waals surface area contributed by atoms with Crippen LogP contribution in [0.3, 0.4) is 0 Å². The molecule has 3 rings (SSSR count). The molecule has 1 aliphatic carbocycles. The SMILES string of the molecule is NC(=O)c1nc(-c2ccccc2OC2CCC2)no1. The number of nitrogens with two attached hydrogens (primary N) is 1. The maximum atomic E-state index is 11.0. The Morgan fingerprint density at radius 2 is 2.16 bits per heavy atom. The molecule has 0 unspecified atom stereocenters. The molecule has 1 aromatic carbocycles. The predicted octanol–water partition coefficient (Wildman–Crippen LogP) is 1.77. The van der Waals surface area contributed by atoms with Crippen LogP contribution in [0.15, 0.2) is 28.8 Å². The molecule has 1 saturated carbocycles. The van der Waals surface area contributed by atoms with Crippen molar-refractivity contribution in [2.24, 2.45) is 5.73 Å². The van der Waals surface area contributed by atoms with Crippen LogP contribution in [0, 0.1) is 0 Å². The lowest BCUT2D eigenvalue weighted by Crippen LogP contribution is -2.24. The molecule has 0 aliphatic heterocycles. The lowest BCUT2D eigenvalue weighted by atomic mass is 9.96. The second-order valence-electron chi connectivity index (χ2n) is 4.45. The van der Waals surface area contributed by atoms with Crippen molar-refractivity contribution in [1.29, 1.82) is 0 Å². The molecule has 1 amide bonds. The quantitative estimate of drug-likeness (QED) is 0.903. The fourth-order valence-electron chi connectivity index (χ4n) is 1.86. The van der Waals surface area contributed by atoms with Crippen molar-refractivity contribution in [2.45, 2.75) is 25.4 Å². The molecule has 2 aromatic rings. The Morgan fingerprint density at radius 1 is 1.37 bits per heavy atom. The van der Waals surface area contributed by atoms with Crippen LogP contribution in [-0.4, -0.2) is 22.2 Å². The summed E-state index contributed by atoms with van der Waals surface area (Å²) < 4.78 is 10.7. The van der Waals surface area contributed by atoms with Crippen LogP contribution in [0.2, 0.25) is 0 Å². The van der Waals surface area contributed by atoms with Crippen LogP contribution >= 0.6 is 0 Å². The minimum absolute atomic E-state index is 0.201. The summed E-state index contributed by atoms with van der Waals surface area (Å²) in [6, 6.07) is 7.41. The fourth-order valence-corrected chi connectivity index (χ4v) is 1.86. The van der Waals surface area contributed by atoms with E-state index in [0.717, 1.165) is 12.8 Å². The van der Waals surface area contributed by atoms with E-state index in [0.29, 0.717) is 17.1 Å². The zero-order chi connectivity index (χ0) is 13.2. The Kier molecular flexibility index (Phi) is 2.91. The molecule has 6 nitrogen and oxygen atoms in total. The van der Waals surface area contributed by atoms with Crippen LogP contribution < -0.4 is 10.5 Å². The molecule has 1 aromatic heterocycles. The molecule has 98 valence electrons. The molecule has 0 bridgehead atoms. The molecule has 0 spiro atoms. The number of para-hydroxylation sites is 1.